The van der Waals surface area contributed by atoms with Gasteiger partial charge in [-0.05, 0) is 46.0 Å². The van der Waals surface area contributed by atoms with E-state index in [1.165, 1.54) is 22.5 Å². The highest BCUT2D eigenvalue weighted by molar-refractivity contribution is 9.10. The first-order chi connectivity index (χ1) is 13.2. The molecule has 5 nitrogen and oxygen atoms in total. The highest BCUT2D eigenvalue weighted by atomic mass is 79.9. The van der Waals surface area contributed by atoms with Crippen LogP contribution < -0.4 is 10.1 Å². The van der Waals surface area contributed by atoms with Crippen molar-refractivity contribution in [3.8, 4) is 16.3 Å². The Kier molecular flexibility index (Phi) is 6.15. The van der Waals surface area contributed by atoms with E-state index in [1.54, 1.807) is 0 Å². The van der Waals surface area contributed by atoms with Crippen molar-refractivity contribution in [1.29, 1.82) is 0 Å². The van der Waals surface area contributed by atoms with Crippen molar-refractivity contribution in [2.45, 2.75) is 33.1 Å². The number of hydrogen-bond donors (Lipinski definition) is 1. The predicted octanol–water partition coefficient (Wildman–Crippen LogP) is 5.59. The van der Waals surface area contributed by atoms with Crippen molar-refractivity contribution in [3.05, 3.63) is 58.1 Å². The summed E-state index contributed by atoms with van der Waals surface area (Å²) in [5.74, 6) is 0.346. The number of carbonyl (C=O) groups is 1. The van der Waals surface area contributed by atoms with Gasteiger partial charge in [-0.2, -0.15) is 0 Å². The number of aromatic nitrogens is 2. The van der Waals surface area contributed by atoms with Crippen molar-refractivity contribution in [3.63, 3.8) is 0 Å². The van der Waals surface area contributed by atoms with Crippen LogP contribution in [0.1, 0.15) is 31.9 Å². The second kappa shape index (κ2) is 8.41. The van der Waals surface area contributed by atoms with Crippen molar-refractivity contribution in [1.82, 2.24) is 10.2 Å². The second-order valence-corrected chi connectivity index (χ2v) is 9.34. The van der Waals surface area contributed by atoms with E-state index in [-0.39, 0.29) is 17.9 Å². The van der Waals surface area contributed by atoms with Gasteiger partial charge in [0, 0.05) is 5.56 Å². The van der Waals surface area contributed by atoms with Gasteiger partial charge in [0.1, 0.15) is 10.8 Å². The van der Waals surface area contributed by atoms with Crippen LogP contribution >= 0.6 is 27.3 Å². The van der Waals surface area contributed by atoms with Crippen LogP contribution in [0, 0.1) is 6.92 Å². The lowest BCUT2D eigenvalue weighted by Crippen LogP contribution is -2.20. The highest BCUT2D eigenvalue weighted by Crippen LogP contribution is 2.31. The number of benzene rings is 2. The second-order valence-electron chi connectivity index (χ2n) is 7.51. The highest BCUT2D eigenvalue weighted by Gasteiger charge is 2.16. The number of aryl methyl sites for hydroxylation is 1. The molecule has 3 aromatic rings. The molecule has 0 spiro atoms. The molecule has 7 heteroatoms. The van der Waals surface area contributed by atoms with Crippen LogP contribution in [0.3, 0.4) is 0 Å². The SMILES string of the molecule is Cc1ccc(-c2nnc(NC(=O)COc3ccc(C(C)(C)C)cc3Br)s2)cc1. The average Bonchev–Trinajstić information content (AvgIpc) is 3.09. The van der Waals surface area contributed by atoms with Crippen LogP contribution in [0.2, 0.25) is 0 Å². The summed E-state index contributed by atoms with van der Waals surface area (Å²) in [6, 6.07) is 13.9. The minimum atomic E-state index is -0.279. The lowest BCUT2D eigenvalue weighted by atomic mass is 9.87. The van der Waals surface area contributed by atoms with E-state index in [4.69, 9.17) is 4.74 Å². The molecule has 3 rings (SSSR count). The molecule has 1 heterocycles. The molecule has 1 amide bonds. The fraction of sp³-hybridized carbons (Fsp3) is 0.286. The summed E-state index contributed by atoms with van der Waals surface area (Å²) < 4.78 is 6.46. The van der Waals surface area contributed by atoms with Crippen molar-refractivity contribution >= 4 is 38.3 Å². The van der Waals surface area contributed by atoms with Crippen LogP contribution in [0.25, 0.3) is 10.6 Å². The van der Waals surface area contributed by atoms with E-state index >= 15 is 0 Å². The Bertz CT molecular complexity index is 978. The van der Waals surface area contributed by atoms with Gasteiger partial charge in [-0.15, -0.1) is 10.2 Å². The third kappa shape index (κ3) is 5.17. The zero-order valence-corrected chi connectivity index (χ0v) is 18.6. The van der Waals surface area contributed by atoms with E-state index in [2.05, 4.69) is 52.2 Å². The number of nitrogens with one attached hydrogen (secondary N) is 1. The number of halogens is 1. The molecule has 1 aromatic heterocycles. The molecule has 0 fully saturated rings. The average molecular weight is 460 g/mol. The Labute approximate surface area is 177 Å². The third-order valence-electron chi connectivity index (χ3n) is 4.13. The smallest absolute Gasteiger partial charge is 0.264 e. The van der Waals surface area contributed by atoms with Gasteiger partial charge in [-0.1, -0.05) is 68.0 Å². The monoisotopic (exact) mass is 459 g/mol. The minimum Gasteiger partial charge on any atom is -0.483 e. The van der Waals surface area contributed by atoms with Crippen molar-refractivity contribution in [2.24, 2.45) is 0 Å². The first-order valence-corrected chi connectivity index (χ1v) is 10.5. The third-order valence-corrected chi connectivity index (χ3v) is 5.63. The van der Waals surface area contributed by atoms with E-state index in [9.17, 15) is 4.79 Å². The fourth-order valence-electron chi connectivity index (χ4n) is 2.47. The molecule has 146 valence electrons. The fourth-order valence-corrected chi connectivity index (χ4v) is 3.73. The predicted molar refractivity (Wildman–Crippen MR) is 117 cm³/mol. The first-order valence-electron chi connectivity index (χ1n) is 8.85. The Morgan fingerprint density at radius 2 is 1.86 bits per heavy atom. The quantitative estimate of drug-likeness (QED) is 0.539. The lowest BCUT2D eigenvalue weighted by molar-refractivity contribution is -0.118. The van der Waals surface area contributed by atoms with Gasteiger partial charge in [0.15, 0.2) is 6.61 Å². The molecule has 0 atom stereocenters. The van der Waals surface area contributed by atoms with Gasteiger partial charge in [0.05, 0.1) is 4.47 Å². The van der Waals surface area contributed by atoms with Crippen LogP contribution in [0.5, 0.6) is 5.75 Å². The molecule has 0 saturated heterocycles. The maximum absolute atomic E-state index is 12.2. The van der Waals surface area contributed by atoms with Gasteiger partial charge in [0.25, 0.3) is 5.91 Å². The number of nitrogens with zero attached hydrogens (tertiary/aromatic N) is 2. The normalized spacial score (nSPS) is 11.3. The molecule has 0 bridgehead atoms. The van der Waals surface area contributed by atoms with E-state index < -0.39 is 0 Å². The number of rotatable bonds is 5. The topological polar surface area (TPSA) is 64.1 Å². The number of carbonyl (C=O) groups excluding carboxylic acids is 1. The molecule has 2 aromatic carbocycles. The van der Waals surface area contributed by atoms with Crippen molar-refractivity contribution < 1.29 is 9.53 Å². The van der Waals surface area contributed by atoms with Crippen LogP contribution in [-0.2, 0) is 10.2 Å². The zero-order chi connectivity index (χ0) is 20.3. The number of anilines is 1. The molecular weight excluding hydrogens is 438 g/mol. The Hall–Kier alpha value is -2.25. The van der Waals surface area contributed by atoms with E-state index in [1.807, 2.05) is 49.4 Å². The molecule has 28 heavy (non-hydrogen) atoms. The molecule has 0 aliphatic heterocycles. The number of ether oxygens (including phenoxy) is 1. The van der Waals surface area contributed by atoms with Gasteiger partial charge in [-0.25, -0.2) is 0 Å². The maximum Gasteiger partial charge on any atom is 0.264 e. The summed E-state index contributed by atoms with van der Waals surface area (Å²) in [7, 11) is 0. The van der Waals surface area contributed by atoms with E-state index in [0.29, 0.717) is 10.9 Å². The number of amides is 1. The molecule has 0 radical (unpaired) electrons. The standard InChI is InChI=1S/C21H22BrN3O2S/c1-13-5-7-14(8-6-13)19-24-25-20(28-19)23-18(26)12-27-17-10-9-15(11-16(17)22)21(2,3)4/h5-11H,12H2,1-4H3,(H,23,25,26). The minimum absolute atomic E-state index is 0.0470. The molecular formula is C21H22BrN3O2S. The molecule has 0 aliphatic rings. The maximum atomic E-state index is 12.2. The largest absolute Gasteiger partial charge is 0.483 e. The molecule has 0 unspecified atom stereocenters. The van der Waals surface area contributed by atoms with E-state index in [0.717, 1.165) is 15.0 Å². The van der Waals surface area contributed by atoms with Crippen LogP contribution in [0.15, 0.2) is 46.9 Å². The number of hydrogen-bond acceptors (Lipinski definition) is 5. The van der Waals surface area contributed by atoms with Gasteiger partial charge >= 0.3 is 0 Å². The Morgan fingerprint density at radius 1 is 1.14 bits per heavy atom. The zero-order valence-electron chi connectivity index (χ0n) is 16.2. The first kappa shape index (κ1) is 20.5. The van der Waals surface area contributed by atoms with Crippen LogP contribution in [-0.4, -0.2) is 22.7 Å². The summed E-state index contributed by atoms with van der Waals surface area (Å²) in [5, 5.41) is 12.1. The molecule has 0 saturated carbocycles. The van der Waals surface area contributed by atoms with Crippen molar-refractivity contribution in [2.75, 3.05) is 11.9 Å². The van der Waals surface area contributed by atoms with Gasteiger partial charge in [0.2, 0.25) is 5.13 Å². The Balaban J connectivity index is 1.58. The summed E-state index contributed by atoms with van der Waals surface area (Å²) in [6.45, 7) is 8.37. The lowest BCUT2D eigenvalue weighted by Gasteiger charge is -2.20. The van der Waals surface area contributed by atoms with Gasteiger partial charge < -0.3 is 4.74 Å². The van der Waals surface area contributed by atoms with Crippen LogP contribution in [0.4, 0.5) is 5.13 Å². The molecule has 0 aliphatic carbocycles. The Morgan fingerprint density at radius 3 is 2.50 bits per heavy atom. The van der Waals surface area contributed by atoms with Gasteiger partial charge in [-0.3, -0.25) is 10.1 Å². The summed E-state index contributed by atoms with van der Waals surface area (Å²) in [4.78, 5) is 12.2. The summed E-state index contributed by atoms with van der Waals surface area (Å²) in [6.07, 6.45) is 0. The summed E-state index contributed by atoms with van der Waals surface area (Å²) >= 11 is 4.84. The summed E-state index contributed by atoms with van der Waals surface area (Å²) in [5.41, 5.74) is 3.39. The molecule has 1 N–H and O–H groups in total.